The van der Waals surface area contributed by atoms with Gasteiger partial charge in [0.05, 0.1) is 12.1 Å². The normalized spacial score (nSPS) is 20.6. The Kier molecular flexibility index (Phi) is 6.44. The fraction of sp³-hybridized carbons (Fsp3) is 0.923. The van der Waals surface area contributed by atoms with E-state index < -0.39 is 0 Å². The molecule has 0 aromatic heterocycles. The van der Waals surface area contributed by atoms with Crippen molar-refractivity contribution in [1.82, 2.24) is 9.80 Å². The van der Waals surface area contributed by atoms with E-state index in [9.17, 15) is 0 Å². The zero-order chi connectivity index (χ0) is 11.8. The van der Waals surface area contributed by atoms with Crippen LogP contribution >= 0.6 is 0 Å². The smallest absolute Gasteiger partial charge is 0.0976 e. The van der Waals surface area contributed by atoms with Crippen molar-refractivity contribution in [2.24, 2.45) is 0 Å². The molecule has 0 amide bonds. The van der Waals surface area contributed by atoms with E-state index in [0.29, 0.717) is 0 Å². The lowest BCUT2D eigenvalue weighted by Gasteiger charge is -2.36. The second-order valence-corrected chi connectivity index (χ2v) is 4.64. The minimum Gasteiger partial charge on any atom is -0.301 e. The summed E-state index contributed by atoms with van der Waals surface area (Å²) < 4.78 is 0. The second-order valence-electron chi connectivity index (χ2n) is 4.64. The molecule has 1 rings (SSSR count). The number of unbranched alkanes of at least 4 members (excludes halogenated alkanes) is 2. The molecule has 1 aliphatic heterocycles. The van der Waals surface area contributed by atoms with Gasteiger partial charge in [0.2, 0.25) is 0 Å². The molecular weight excluding hydrogens is 198 g/mol. The van der Waals surface area contributed by atoms with Gasteiger partial charge in [-0.2, -0.15) is 5.26 Å². The molecule has 3 nitrogen and oxygen atoms in total. The first kappa shape index (κ1) is 13.5. The van der Waals surface area contributed by atoms with Gasteiger partial charge in [0, 0.05) is 26.2 Å². The van der Waals surface area contributed by atoms with Gasteiger partial charge in [0.1, 0.15) is 0 Å². The molecule has 0 spiro atoms. The summed E-state index contributed by atoms with van der Waals surface area (Å²) in [6, 6.07) is 2.53. The van der Waals surface area contributed by atoms with Gasteiger partial charge in [-0.3, -0.25) is 4.90 Å². The summed E-state index contributed by atoms with van der Waals surface area (Å²) in [5.74, 6) is 0. The molecule has 1 heterocycles. The predicted molar refractivity (Wildman–Crippen MR) is 67.2 cm³/mol. The Labute approximate surface area is 100 Å². The number of nitrogens with zero attached hydrogens (tertiary/aromatic N) is 3. The summed E-state index contributed by atoms with van der Waals surface area (Å²) in [5, 5.41) is 9.01. The third kappa shape index (κ3) is 4.11. The summed E-state index contributed by atoms with van der Waals surface area (Å²) in [6.45, 7) is 10.0. The van der Waals surface area contributed by atoms with Crippen molar-refractivity contribution in [3.63, 3.8) is 0 Å². The summed E-state index contributed by atoms with van der Waals surface area (Å²) in [4.78, 5) is 4.87. The quantitative estimate of drug-likeness (QED) is 0.646. The van der Waals surface area contributed by atoms with Crippen LogP contribution in [0, 0.1) is 11.3 Å². The molecule has 0 aliphatic carbocycles. The Balaban J connectivity index is 2.20. The maximum absolute atomic E-state index is 9.01. The monoisotopic (exact) mass is 223 g/mol. The highest BCUT2D eigenvalue weighted by Crippen LogP contribution is 2.09. The van der Waals surface area contributed by atoms with E-state index in [4.69, 9.17) is 5.26 Å². The van der Waals surface area contributed by atoms with E-state index >= 15 is 0 Å². The lowest BCUT2D eigenvalue weighted by atomic mass is 10.1. The largest absolute Gasteiger partial charge is 0.301 e. The van der Waals surface area contributed by atoms with E-state index in [1.807, 2.05) is 0 Å². The molecule has 0 N–H and O–H groups in total. The zero-order valence-corrected chi connectivity index (χ0v) is 10.8. The minimum absolute atomic E-state index is 0.137. The summed E-state index contributed by atoms with van der Waals surface area (Å²) in [6.07, 6.45) is 4.92. The topological polar surface area (TPSA) is 30.3 Å². The van der Waals surface area contributed by atoms with Crippen LogP contribution in [-0.4, -0.2) is 48.6 Å². The molecule has 0 bridgehead atoms. The molecule has 3 heteroatoms. The average Bonchev–Trinajstić information content (AvgIpc) is 2.33. The molecule has 0 aromatic carbocycles. The molecule has 16 heavy (non-hydrogen) atoms. The Morgan fingerprint density at radius 1 is 1.12 bits per heavy atom. The zero-order valence-electron chi connectivity index (χ0n) is 10.8. The van der Waals surface area contributed by atoms with Crippen molar-refractivity contribution in [3.05, 3.63) is 0 Å². The molecular formula is C13H25N3. The van der Waals surface area contributed by atoms with Gasteiger partial charge in [-0.05, 0) is 19.4 Å². The van der Waals surface area contributed by atoms with Crippen LogP contribution in [0.25, 0.3) is 0 Å². The van der Waals surface area contributed by atoms with Crippen molar-refractivity contribution < 1.29 is 0 Å². The van der Waals surface area contributed by atoms with Crippen LogP contribution in [0.3, 0.4) is 0 Å². The second kappa shape index (κ2) is 7.65. The van der Waals surface area contributed by atoms with Crippen molar-refractivity contribution >= 4 is 0 Å². The first-order valence-electron chi connectivity index (χ1n) is 6.67. The van der Waals surface area contributed by atoms with E-state index in [1.54, 1.807) is 0 Å². The van der Waals surface area contributed by atoms with Crippen molar-refractivity contribution in [2.45, 2.75) is 45.6 Å². The summed E-state index contributed by atoms with van der Waals surface area (Å²) in [5.41, 5.74) is 0. The van der Waals surface area contributed by atoms with Crippen molar-refractivity contribution in [3.8, 4) is 6.07 Å². The van der Waals surface area contributed by atoms with E-state index in [-0.39, 0.29) is 6.04 Å². The molecule has 1 saturated heterocycles. The van der Waals surface area contributed by atoms with Crippen LogP contribution in [0.15, 0.2) is 0 Å². The Bertz CT molecular complexity index is 214. The molecule has 0 aromatic rings. The number of piperazine rings is 1. The van der Waals surface area contributed by atoms with Gasteiger partial charge in [0.25, 0.3) is 0 Å². The van der Waals surface area contributed by atoms with Gasteiger partial charge < -0.3 is 4.90 Å². The van der Waals surface area contributed by atoms with Crippen LogP contribution in [0.4, 0.5) is 0 Å². The molecule has 0 saturated carbocycles. The van der Waals surface area contributed by atoms with Crippen LogP contribution in [0.2, 0.25) is 0 Å². The molecule has 1 fully saturated rings. The maximum atomic E-state index is 9.01. The van der Waals surface area contributed by atoms with Crippen molar-refractivity contribution in [2.75, 3.05) is 32.7 Å². The van der Waals surface area contributed by atoms with Gasteiger partial charge in [-0.25, -0.2) is 0 Å². The third-order valence-corrected chi connectivity index (χ3v) is 3.46. The van der Waals surface area contributed by atoms with Gasteiger partial charge in [-0.15, -0.1) is 0 Å². The predicted octanol–water partition coefficient (Wildman–Crippen LogP) is 2.10. The van der Waals surface area contributed by atoms with E-state index in [0.717, 1.165) is 32.6 Å². The highest BCUT2D eigenvalue weighted by atomic mass is 15.3. The molecule has 0 radical (unpaired) electrons. The van der Waals surface area contributed by atoms with Crippen LogP contribution < -0.4 is 0 Å². The lowest BCUT2D eigenvalue weighted by molar-refractivity contribution is 0.111. The number of rotatable bonds is 6. The number of hydrogen-bond acceptors (Lipinski definition) is 3. The van der Waals surface area contributed by atoms with Crippen molar-refractivity contribution in [1.29, 1.82) is 5.26 Å². The fourth-order valence-corrected chi connectivity index (χ4v) is 2.32. The Morgan fingerprint density at radius 2 is 1.81 bits per heavy atom. The first-order chi connectivity index (χ1) is 7.81. The highest BCUT2D eigenvalue weighted by Gasteiger charge is 2.21. The SMILES string of the molecule is CCCCCN1CCN(C(C#N)CC)CC1. The van der Waals surface area contributed by atoms with Crippen LogP contribution in [0.5, 0.6) is 0 Å². The maximum Gasteiger partial charge on any atom is 0.0976 e. The van der Waals surface area contributed by atoms with Crippen LogP contribution in [-0.2, 0) is 0 Å². The molecule has 1 aliphatic rings. The average molecular weight is 223 g/mol. The van der Waals surface area contributed by atoms with Crippen LogP contribution in [0.1, 0.15) is 39.5 Å². The Morgan fingerprint density at radius 3 is 2.31 bits per heavy atom. The molecule has 1 unspecified atom stereocenters. The van der Waals surface area contributed by atoms with E-state index in [1.165, 1.54) is 25.8 Å². The highest BCUT2D eigenvalue weighted by molar-refractivity contribution is 4.92. The van der Waals surface area contributed by atoms with E-state index in [2.05, 4.69) is 29.7 Å². The lowest BCUT2D eigenvalue weighted by Crippen LogP contribution is -2.49. The summed E-state index contributed by atoms with van der Waals surface area (Å²) in [7, 11) is 0. The minimum atomic E-state index is 0.137. The van der Waals surface area contributed by atoms with Gasteiger partial charge in [0.15, 0.2) is 0 Å². The summed E-state index contributed by atoms with van der Waals surface area (Å²) >= 11 is 0. The van der Waals surface area contributed by atoms with Gasteiger partial charge >= 0.3 is 0 Å². The number of nitriles is 1. The standard InChI is InChI=1S/C13H25N3/c1-3-5-6-7-15-8-10-16(11-9-15)13(4-2)12-14/h13H,3-11H2,1-2H3. The Hall–Kier alpha value is -0.590. The molecule has 1 atom stereocenters. The molecule has 92 valence electrons. The first-order valence-corrected chi connectivity index (χ1v) is 6.67. The number of hydrogen-bond donors (Lipinski definition) is 0. The fourth-order valence-electron chi connectivity index (χ4n) is 2.32. The van der Waals surface area contributed by atoms with Gasteiger partial charge in [-0.1, -0.05) is 26.7 Å². The third-order valence-electron chi connectivity index (χ3n) is 3.46.